The molecule has 1 saturated carbocycles. The van der Waals surface area contributed by atoms with Gasteiger partial charge >= 0.3 is 0 Å². The maximum absolute atomic E-state index is 11.9. The molecule has 0 atom stereocenters. The number of aliphatic hydroxyl groups is 1. The number of aliphatic hydroxyl groups excluding tert-OH is 1. The van der Waals surface area contributed by atoms with Gasteiger partial charge in [0.1, 0.15) is 5.69 Å². The molecule has 1 fully saturated rings. The molecule has 0 saturated heterocycles. The van der Waals surface area contributed by atoms with Crippen LogP contribution in [0, 0.1) is 5.41 Å². The molecule has 0 unspecified atom stereocenters. The van der Waals surface area contributed by atoms with Crippen molar-refractivity contribution in [3.05, 3.63) is 18.0 Å². The Balaban J connectivity index is 1.91. The van der Waals surface area contributed by atoms with E-state index in [9.17, 15) is 9.90 Å². The minimum Gasteiger partial charge on any atom is -0.396 e. The second kappa shape index (κ2) is 5.52. The van der Waals surface area contributed by atoms with Gasteiger partial charge in [-0.1, -0.05) is 19.3 Å². The molecule has 0 spiro atoms. The van der Waals surface area contributed by atoms with Gasteiger partial charge in [-0.2, -0.15) is 5.10 Å². The molecule has 1 amide bonds. The van der Waals surface area contributed by atoms with E-state index in [0.717, 1.165) is 25.7 Å². The van der Waals surface area contributed by atoms with E-state index in [1.54, 1.807) is 24.0 Å². The molecule has 2 N–H and O–H groups in total. The molecule has 2 rings (SSSR count). The molecule has 1 aliphatic carbocycles. The minimum atomic E-state index is -0.158. The topological polar surface area (TPSA) is 67.2 Å². The number of carbonyl (C=O) groups is 1. The van der Waals surface area contributed by atoms with Gasteiger partial charge < -0.3 is 10.4 Å². The second-order valence-corrected chi connectivity index (χ2v) is 5.28. The number of hydrogen-bond donors (Lipinski definition) is 2. The first-order valence-electron chi connectivity index (χ1n) is 6.54. The number of nitrogens with zero attached hydrogens (tertiary/aromatic N) is 2. The Morgan fingerprint density at radius 2 is 2.22 bits per heavy atom. The van der Waals surface area contributed by atoms with Crippen molar-refractivity contribution < 1.29 is 9.90 Å². The normalized spacial score (nSPS) is 18.6. The summed E-state index contributed by atoms with van der Waals surface area (Å²) in [5.74, 6) is -0.158. The molecule has 1 aromatic rings. The van der Waals surface area contributed by atoms with Crippen LogP contribution in [0.25, 0.3) is 0 Å². The summed E-state index contributed by atoms with van der Waals surface area (Å²) >= 11 is 0. The summed E-state index contributed by atoms with van der Waals surface area (Å²) in [5, 5.41) is 16.5. The molecular formula is C13H21N3O2. The van der Waals surface area contributed by atoms with Crippen LogP contribution in [0.2, 0.25) is 0 Å². The van der Waals surface area contributed by atoms with Crippen LogP contribution in [-0.4, -0.2) is 33.9 Å². The lowest BCUT2D eigenvalue weighted by Crippen LogP contribution is -2.41. The summed E-state index contributed by atoms with van der Waals surface area (Å²) in [5.41, 5.74) is 0.310. The molecule has 5 heteroatoms. The van der Waals surface area contributed by atoms with Crippen molar-refractivity contribution in [2.24, 2.45) is 12.5 Å². The van der Waals surface area contributed by atoms with Crippen LogP contribution in [0.1, 0.15) is 42.6 Å². The first kappa shape index (κ1) is 13.1. The molecule has 0 bridgehead atoms. The molecule has 18 heavy (non-hydrogen) atoms. The zero-order valence-corrected chi connectivity index (χ0v) is 10.9. The minimum absolute atomic E-state index is 0.122. The number of aromatic nitrogens is 2. The van der Waals surface area contributed by atoms with Gasteiger partial charge in [-0.25, -0.2) is 0 Å². The van der Waals surface area contributed by atoms with E-state index >= 15 is 0 Å². The molecule has 0 radical (unpaired) electrons. The van der Waals surface area contributed by atoms with E-state index < -0.39 is 0 Å². The smallest absolute Gasteiger partial charge is 0.271 e. The van der Waals surface area contributed by atoms with Crippen molar-refractivity contribution in [1.82, 2.24) is 15.1 Å². The van der Waals surface area contributed by atoms with Crippen molar-refractivity contribution in [1.29, 1.82) is 0 Å². The van der Waals surface area contributed by atoms with Gasteiger partial charge in [0.25, 0.3) is 5.91 Å². The van der Waals surface area contributed by atoms with Crippen LogP contribution >= 0.6 is 0 Å². The molecule has 1 aromatic heterocycles. The van der Waals surface area contributed by atoms with Crippen LogP contribution in [0.4, 0.5) is 0 Å². The SMILES string of the molecule is Cn1ccc(C(=O)NCC2(CO)CCCCC2)n1. The van der Waals surface area contributed by atoms with Gasteiger partial charge in [0.15, 0.2) is 0 Å². The first-order chi connectivity index (χ1) is 8.65. The van der Waals surface area contributed by atoms with E-state index in [-0.39, 0.29) is 17.9 Å². The lowest BCUT2D eigenvalue weighted by Gasteiger charge is -2.35. The summed E-state index contributed by atoms with van der Waals surface area (Å²) in [6, 6.07) is 1.70. The predicted molar refractivity (Wildman–Crippen MR) is 68.1 cm³/mol. The van der Waals surface area contributed by atoms with Gasteiger partial charge in [0, 0.05) is 25.2 Å². The maximum Gasteiger partial charge on any atom is 0.271 e. The van der Waals surface area contributed by atoms with Crippen molar-refractivity contribution in [2.75, 3.05) is 13.2 Å². The third kappa shape index (κ3) is 2.90. The average Bonchev–Trinajstić information content (AvgIpc) is 2.84. The summed E-state index contributed by atoms with van der Waals surface area (Å²) in [4.78, 5) is 11.9. The Bertz CT molecular complexity index is 408. The lowest BCUT2D eigenvalue weighted by atomic mass is 9.74. The number of aryl methyl sites for hydroxylation is 1. The van der Waals surface area contributed by atoms with Crippen molar-refractivity contribution >= 4 is 5.91 Å². The van der Waals surface area contributed by atoms with E-state index in [0.29, 0.717) is 12.2 Å². The number of nitrogens with one attached hydrogen (secondary N) is 1. The van der Waals surface area contributed by atoms with E-state index in [1.807, 2.05) is 0 Å². The zero-order chi connectivity index (χ0) is 13.0. The highest BCUT2D eigenvalue weighted by atomic mass is 16.3. The van der Waals surface area contributed by atoms with Crippen LogP contribution in [0.15, 0.2) is 12.3 Å². The summed E-state index contributed by atoms with van der Waals surface area (Å²) in [7, 11) is 1.78. The molecule has 5 nitrogen and oxygen atoms in total. The highest BCUT2D eigenvalue weighted by Gasteiger charge is 2.31. The Morgan fingerprint density at radius 1 is 1.50 bits per heavy atom. The zero-order valence-electron chi connectivity index (χ0n) is 10.9. The molecule has 0 aliphatic heterocycles. The number of rotatable bonds is 4. The number of amides is 1. The van der Waals surface area contributed by atoms with Crippen molar-refractivity contribution in [3.8, 4) is 0 Å². The second-order valence-electron chi connectivity index (χ2n) is 5.28. The molecule has 1 aliphatic rings. The van der Waals surface area contributed by atoms with E-state index in [1.165, 1.54) is 6.42 Å². The third-order valence-corrected chi connectivity index (χ3v) is 3.82. The quantitative estimate of drug-likeness (QED) is 0.842. The summed E-state index contributed by atoms with van der Waals surface area (Å²) < 4.78 is 1.61. The van der Waals surface area contributed by atoms with Crippen LogP contribution in [0.3, 0.4) is 0 Å². The van der Waals surface area contributed by atoms with Crippen LogP contribution in [-0.2, 0) is 7.05 Å². The van der Waals surface area contributed by atoms with Gasteiger partial charge in [-0.05, 0) is 18.9 Å². The Hall–Kier alpha value is -1.36. The standard InChI is InChI=1S/C13H21N3O2/c1-16-8-5-11(15-16)12(18)14-9-13(10-17)6-3-2-4-7-13/h5,8,17H,2-4,6-7,9-10H2,1H3,(H,14,18). The Labute approximate surface area is 107 Å². The first-order valence-corrected chi connectivity index (χ1v) is 6.54. The fraction of sp³-hybridized carbons (Fsp3) is 0.692. The number of carbonyl (C=O) groups excluding carboxylic acids is 1. The number of hydrogen-bond acceptors (Lipinski definition) is 3. The monoisotopic (exact) mass is 251 g/mol. The van der Waals surface area contributed by atoms with Crippen molar-refractivity contribution in [3.63, 3.8) is 0 Å². The Kier molecular flexibility index (Phi) is 4.01. The van der Waals surface area contributed by atoms with Crippen LogP contribution < -0.4 is 5.32 Å². The summed E-state index contributed by atoms with van der Waals surface area (Å²) in [6.07, 6.45) is 7.24. The molecule has 0 aromatic carbocycles. The molecule has 100 valence electrons. The van der Waals surface area contributed by atoms with Crippen LogP contribution in [0.5, 0.6) is 0 Å². The third-order valence-electron chi connectivity index (χ3n) is 3.82. The maximum atomic E-state index is 11.9. The van der Waals surface area contributed by atoms with Gasteiger partial charge in [-0.3, -0.25) is 9.48 Å². The largest absolute Gasteiger partial charge is 0.396 e. The lowest BCUT2D eigenvalue weighted by molar-refractivity contribution is 0.0715. The van der Waals surface area contributed by atoms with Gasteiger partial charge in [-0.15, -0.1) is 0 Å². The fourth-order valence-electron chi connectivity index (χ4n) is 2.59. The van der Waals surface area contributed by atoms with Crippen molar-refractivity contribution in [2.45, 2.75) is 32.1 Å². The predicted octanol–water partition coefficient (Wildman–Crippen LogP) is 1.09. The fourth-order valence-corrected chi connectivity index (χ4v) is 2.59. The summed E-state index contributed by atoms with van der Waals surface area (Å²) in [6.45, 7) is 0.689. The highest BCUT2D eigenvalue weighted by molar-refractivity contribution is 5.92. The van der Waals surface area contributed by atoms with Gasteiger partial charge in [0.2, 0.25) is 0 Å². The van der Waals surface area contributed by atoms with E-state index in [2.05, 4.69) is 10.4 Å². The average molecular weight is 251 g/mol. The van der Waals surface area contributed by atoms with E-state index in [4.69, 9.17) is 0 Å². The molecule has 1 heterocycles. The Morgan fingerprint density at radius 3 is 2.78 bits per heavy atom. The van der Waals surface area contributed by atoms with Gasteiger partial charge in [0.05, 0.1) is 6.61 Å². The molecular weight excluding hydrogens is 230 g/mol. The highest BCUT2D eigenvalue weighted by Crippen LogP contribution is 2.35.